The summed E-state index contributed by atoms with van der Waals surface area (Å²) in [5, 5.41) is 11.7. The summed E-state index contributed by atoms with van der Waals surface area (Å²) in [6.45, 7) is 0.499. The number of amides is 1. The van der Waals surface area contributed by atoms with Crippen molar-refractivity contribution >= 4 is 5.91 Å². The Bertz CT molecular complexity index is 1350. The highest BCUT2D eigenvalue weighted by Crippen LogP contribution is 2.39. The minimum absolute atomic E-state index is 0.212. The van der Waals surface area contributed by atoms with E-state index in [-0.39, 0.29) is 30.5 Å². The van der Waals surface area contributed by atoms with Crippen molar-refractivity contribution in [2.45, 2.75) is 25.3 Å². The number of nitrogens with zero attached hydrogens (tertiary/aromatic N) is 5. The summed E-state index contributed by atoms with van der Waals surface area (Å²) in [5.74, 6) is 0.430. The van der Waals surface area contributed by atoms with E-state index in [4.69, 9.17) is 0 Å². The topological polar surface area (TPSA) is 86.7 Å². The second kappa shape index (κ2) is 8.50. The predicted octanol–water partition coefficient (Wildman–Crippen LogP) is 2.88. The number of para-hydroxylation sites is 1. The van der Waals surface area contributed by atoms with E-state index in [1.165, 1.54) is 21.5 Å². The smallest absolute Gasteiger partial charge is 0.349 e. The Morgan fingerprint density at radius 1 is 1.09 bits per heavy atom. The van der Waals surface area contributed by atoms with Crippen LogP contribution in [-0.4, -0.2) is 36.6 Å². The highest BCUT2D eigenvalue weighted by Gasteiger charge is 2.31. The number of hydrogen-bond acceptors (Lipinski definition) is 4. The van der Waals surface area contributed by atoms with E-state index in [1.807, 2.05) is 30.3 Å². The fourth-order valence-electron chi connectivity index (χ4n) is 3.80. The summed E-state index contributed by atoms with van der Waals surface area (Å²) >= 11 is 0. The molecule has 8 nitrogen and oxygen atoms in total. The van der Waals surface area contributed by atoms with Crippen LogP contribution in [0.2, 0.25) is 0 Å². The normalized spacial score (nSPS) is 13.3. The van der Waals surface area contributed by atoms with Crippen molar-refractivity contribution in [1.82, 2.24) is 29.4 Å². The maximum Gasteiger partial charge on any atom is 0.350 e. The van der Waals surface area contributed by atoms with Gasteiger partial charge in [0.05, 0.1) is 17.9 Å². The lowest BCUT2D eigenvalue weighted by Crippen LogP contribution is -2.32. The van der Waals surface area contributed by atoms with Gasteiger partial charge in [0, 0.05) is 25.1 Å². The molecule has 0 bridgehead atoms. The van der Waals surface area contributed by atoms with Crippen molar-refractivity contribution in [3.63, 3.8) is 0 Å². The zero-order valence-corrected chi connectivity index (χ0v) is 18.1. The Kier molecular flexibility index (Phi) is 5.37. The van der Waals surface area contributed by atoms with E-state index in [9.17, 15) is 14.0 Å². The molecule has 1 aliphatic rings. The van der Waals surface area contributed by atoms with Crippen LogP contribution in [0.1, 0.15) is 35.1 Å². The Labute approximate surface area is 189 Å². The highest BCUT2D eigenvalue weighted by atomic mass is 19.1. The van der Waals surface area contributed by atoms with Crippen LogP contribution in [0.15, 0.2) is 65.5 Å². The number of aromatic nitrogens is 5. The molecule has 1 saturated carbocycles. The molecule has 9 heteroatoms. The Morgan fingerprint density at radius 3 is 2.52 bits per heavy atom. The second-order valence-corrected chi connectivity index (χ2v) is 8.11. The summed E-state index contributed by atoms with van der Waals surface area (Å²) in [6, 6.07) is 17.1. The van der Waals surface area contributed by atoms with Crippen molar-refractivity contribution in [3.8, 4) is 16.9 Å². The van der Waals surface area contributed by atoms with Gasteiger partial charge in [-0.3, -0.25) is 9.48 Å². The van der Waals surface area contributed by atoms with Crippen LogP contribution in [0.4, 0.5) is 4.39 Å². The number of aryl methyl sites for hydroxylation is 1. The molecule has 2 aromatic carbocycles. The Hall–Kier alpha value is -4.01. The molecular weight excluding hydrogens is 423 g/mol. The Morgan fingerprint density at radius 2 is 1.82 bits per heavy atom. The van der Waals surface area contributed by atoms with Crippen molar-refractivity contribution in [1.29, 1.82) is 0 Å². The van der Waals surface area contributed by atoms with Gasteiger partial charge in [-0.1, -0.05) is 18.2 Å². The van der Waals surface area contributed by atoms with Gasteiger partial charge in [-0.25, -0.2) is 18.4 Å². The molecule has 1 N–H and O–H groups in total. The zero-order valence-electron chi connectivity index (χ0n) is 18.1. The molecule has 5 rings (SSSR count). The molecule has 0 atom stereocenters. The largest absolute Gasteiger partial charge is 0.350 e. The fraction of sp³-hybridized carbons (Fsp3) is 0.250. The van der Waals surface area contributed by atoms with Gasteiger partial charge in [0.25, 0.3) is 5.91 Å². The van der Waals surface area contributed by atoms with E-state index in [2.05, 4.69) is 15.5 Å². The first kappa shape index (κ1) is 20.9. The number of halogens is 1. The average molecular weight is 446 g/mol. The Balaban J connectivity index is 1.29. The quantitative estimate of drug-likeness (QED) is 0.473. The van der Waals surface area contributed by atoms with Gasteiger partial charge in [-0.05, 0) is 55.3 Å². The molecule has 1 aliphatic carbocycles. The molecule has 1 fully saturated rings. The molecular formula is C24H23FN6O2. The van der Waals surface area contributed by atoms with E-state index in [0.717, 1.165) is 29.9 Å². The van der Waals surface area contributed by atoms with Crippen LogP contribution in [0.25, 0.3) is 16.9 Å². The van der Waals surface area contributed by atoms with Gasteiger partial charge < -0.3 is 5.32 Å². The number of carbonyl (C=O) groups is 1. The first-order chi connectivity index (χ1) is 16.0. The first-order valence-corrected chi connectivity index (χ1v) is 10.8. The van der Waals surface area contributed by atoms with Crippen LogP contribution >= 0.6 is 0 Å². The SMILES string of the molecule is Cn1nc(-c2ccc(F)cc2)cc1C(=O)NCCn1nc(C2CC2)n(-c2ccccc2)c1=O. The third kappa shape index (κ3) is 4.21. The van der Waals surface area contributed by atoms with Crippen LogP contribution < -0.4 is 11.0 Å². The van der Waals surface area contributed by atoms with Gasteiger partial charge in [0.15, 0.2) is 0 Å². The van der Waals surface area contributed by atoms with Crippen LogP contribution in [0, 0.1) is 5.82 Å². The molecule has 2 aromatic heterocycles. The van der Waals surface area contributed by atoms with E-state index in [1.54, 1.807) is 29.8 Å². The van der Waals surface area contributed by atoms with Crippen molar-refractivity contribution in [2.75, 3.05) is 6.54 Å². The van der Waals surface area contributed by atoms with Crippen molar-refractivity contribution in [2.24, 2.45) is 7.05 Å². The molecule has 4 aromatic rings. The lowest BCUT2D eigenvalue weighted by atomic mass is 10.1. The lowest BCUT2D eigenvalue weighted by Gasteiger charge is -2.05. The molecule has 0 radical (unpaired) electrons. The van der Waals surface area contributed by atoms with Crippen LogP contribution in [-0.2, 0) is 13.6 Å². The standard InChI is InChI=1S/C24H23FN6O2/c1-29-21(15-20(27-29)16-9-11-18(25)12-10-16)23(32)26-13-14-30-24(33)31(19-5-3-2-4-6-19)22(28-30)17-7-8-17/h2-6,9-12,15,17H,7-8,13-14H2,1H3,(H,26,32). The molecule has 2 heterocycles. The van der Waals surface area contributed by atoms with Crippen molar-refractivity contribution < 1.29 is 9.18 Å². The van der Waals surface area contributed by atoms with Gasteiger partial charge in [-0.2, -0.15) is 10.2 Å². The summed E-state index contributed by atoms with van der Waals surface area (Å²) in [6.07, 6.45) is 2.05. The summed E-state index contributed by atoms with van der Waals surface area (Å²) in [4.78, 5) is 25.7. The maximum absolute atomic E-state index is 13.2. The molecule has 1 amide bonds. The fourth-order valence-corrected chi connectivity index (χ4v) is 3.80. The van der Waals surface area contributed by atoms with Gasteiger partial charge in [0.1, 0.15) is 17.3 Å². The molecule has 0 unspecified atom stereocenters. The molecule has 0 spiro atoms. The third-order valence-electron chi connectivity index (χ3n) is 5.68. The number of carbonyl (C=O) groups excluding carboxylic acids is 1. The highest BCUT2D eigenvalue weighted by molar-refractivity contribution is 5.93. The van der Waals surface area contributed by atoms with Gasteiger partial charge in [0.2, 0.25) is 0 Å². The van der Waals surface area contributed by atoms with Crippen LogP contribution in [0.5, 0.6) is 0 Å². The molecule has 0 saturated heterocycles. The summed E-state index contributed by atoms with van der Waals surface area (Å²) < 4.78 is 17.7. The van der Waals surface area contributed by atoms with E-state index >= 15 is 0 Å². The van der Waals surface area contributed by atoms with Gasteiger partial charge in [-0.15, -0.1) is 0 Å². The molecule has 0 aliphatic heterocycles. The number of rotatable bonds is 7. The number of hydrogen-bond donors (Lipinski definition) is 1. The van der Waals surface area contributed by atoms with Gasteiger partial charge >= 0.3 is 5.69 Å². The predicted molar refractivity (Wildman–Crippen MR) is 121 cm³/mol. The van der Waals surface area contributed by atoms with E-state index < -0.39 is 0 Å². The summed E-state index contributed by atoms with van der Waals surface area (Å²) in [5.41, 5.74) is 2.25. The molecule has 33 heavy (non-hydrogen) atoms. The number of benzene rings is 2. The molecule has 168 valence electrons. The van der Waals surface area contributed by atoms with Crippen LogP contribution in [0.3, 0.4) is 0 Å². The second-order valence-electron chi connectivity index (χ2n) is 8.11. The minimum Gasteiger partial charge on any atom is -0.349 e. The summed E-state index contributed by atoms with van der Waals surface area (Å²) in [7, 11) is 1.68. The van der Waals surface area contributed by atoms with E-state index in [0.29, 0.717) is 17.3 Å². The first-order valence-electron chi connectivity index (χ1n) is 10.8. The lowest BCUT2D eigenvalue weighted by molar-refractivity contribution is 0.0942. The average Bonchev–Trinajstić information content (AvgIpc) is 3.52. The monoisotopic (exact) mass is 446 g/mol. The number of nitrogens with one attached hydrogen (secondary N) is 1. The zero-order chi connectivity index (χ0) is 22.9. The minimum atomic E-state index is -0.331. The van der Waals surface area contributed by atoms with Crippen molar-refractivity contribution in [3.05, 3.63) is 88.5 Å². The maximum atomic E-state index is 13.2. The third-order valence-corrected chi connectivity index (χ3v) is 5.68.